The van der Waals surface area contributed by atoms with E-state index >= 15 is 4.39 Å². The second-order valence-electron chi connectivity index (χ2n) is 8.02. The number of H-pyrrole nitrogens is 1. The van der Waals surface area contributed by atoms with Gasteiger partial charge in [-0.15, -0.1) is 0 Å². The summed E-state index contributed by atoms with van der Waals surface area (Å²) in [4.78, 5) is 33.2. The van der Waals surface area contributed by atoms with E-state index < -0.39 is 75.6 Å². The first-order valence-electron chi connectivity index (χ1n) is 9.99. The van der Waals surface area contributed by atoms with Gasteiger partial charge in [-0.2, -0.15) is 26.3 Å². The summed E-state index contributed by atoms with van der Waals surface area (Å²) in [7, 11) is 0. The van der Waals surface area contributed by atoms with E-state index in [1.54, 1.807) is 0 Å². The fraction of sp³-hybridized carbons (Fsp3) is 0.273. The summed E-state index contributed by atoms with van der Waals surface area (Å²) in [5.41, 5.74) is -8.40. The maximum absolute atomic E-state index is 15.3. The third-order valence-electron chi connectivity index (χ3n) is 4.84. The highest BCUT2D eigenvalue weighted by Crippen LogP contribution is 2.38. The third-order valence-corrected chi connectivity index (χ3v) is 4.84. The molecule has 0 saturated carbocycles. The zero-order valence-corrected chi connectivity index (χ0v) is 18.4. The Hall–Kier alpha value is -3.84. The topological polar surface area (TPSA) is 87.7 Å². The van der Waals surface area contributed by atoms with Crippen LogP contribution in [0.5, 0.6) is 0 Å². The first kappa shape index (κ1) is 26.8. The van der Waals surface area contributed by atoms with Crippen molar-refractivity contribution in [2.24, 2.45) is 0 Å². The molecule has 0 aliphatic rings. The minimum Gasteiger partial charge on any atom is -0.349 e. The molecule has 6 nitrogen and oxygen atoms in total. The molecule has 0 fully saturated rings. The zero-order valence-electron chi connectivity index (χ0n) is 18.4. The van der Waals surface area contributed by atoms with Crippen molar-refractivity contribution in [3.05, 3.63) is 69.4 Å². The summed E-state index contributed by atoms with van der Waals surface area (Å²) in [6.45, 7) is 1.16. The quantitative estimate of drug-likeness (QED) is 0.462. The molecule has 0 radical (unpaired) electrons. The molecule has 14 heteroatoms. The van der Waals surface area contributed by atoms with Crippen LogP contribution in [0.25, 0.3) is 22.8 Å². The molecule has 0 unspecified atom stereocenters. The fourth-order valence-electron chi connectivity index (χ4n) is 3.03. The van der Waals surface area contributed by atoms with Crippen molar-refractivity contribution in [2.75, 3.05) is 0 Å². The number of carbonyl (C=O) groups is 1. The van der Waals surface area contributed by atoms with Gasteiger partial charge in [0.05, 0.1) is 28.1 Å². The van der Waals surface area contributed by atoms with Crippen molar-refractivity contribution in [3.8, 4) is 22.8 Å². The van der Waals surface area contributed by atoms with E-state index in [4.69, 9.17) is 0 Å². The Balaban J connectivity index is 2.13. The molecular weight excluding hydrogens is 504 g/mol. The molecule has 2 aromatic heterocycles. The Morgan fingerprint density at radius 3 is 2.17 bits per heavy atom. The van der Waals surface area contributed by atoms with Gasteiger partial charge < -0.3 is 10.3 Å². The van der Waals surface area contributed by atoms with Gasteiger partial charge in [0.1, 0.15) is 11.6 Å². The molecule has 0 atom stereocenters. The molecule has 0 aliphatic heterocycles. The Morgan fingerprint density at radius 1 is 0.972 bits per heavy atom. The number of nitrogens with one attached hydrogen (secondary N) is 2. The minimum absolute atomic E-state index is 0.294. The van der Waals surface area contributed by atoms with Gasteiger partial charge in [-0.25, -0.2) is 13.8 Å². The maximum Gasteiger partial charge on any atom is 0.417 e. The summed E-state index contributed by atoms with van der Waals surface area (Å²) in [6, 6.07) is 3.45. The van der Waals surface area contributed by atoms with Gasteiger partial charge in [0, 0.05) is 24.4 Å². The van der Waals surface area contributed by atoms with Crippen LogP contribution in [-0.4, -0.2) is 26.5 Å². The van der Waals surface area contributed by atoms with Crippen molar-refractivity contribution in [1.82, 2.24) is 20.3 Å². The molecular formula is C22H16F8N4O2. The number of rotatable bonds is 5. The second-order valence-corrected chi connectivity index (χ2v) is 8.02. The molecule has 0 saturated heterocycles. The van der Waals surface area contributed by atoms with Crippen LogP contribution in [0.3, 0.4) is 0 Å². The Kier molecular flexibility index (Phi) is 6.92. The van der Waals surface area contributed by atoms with Gasteiger partial charge >= 0.3 is 12.4 Å². The van der Waals surface area contributed by atoms with Gasteiger partial charge in [0.25, 0.3) is 11.5 Å². The van der Waals surface area contributed by atoms with Gasteiger partial charge in [-0.05, 0) is 32.0 Å². The monoisotopic (exact) mass is 520 g/mol. The van der Waals surface area contributed by atoms with Gasteiger partial charge in [-0.1, -0.05) is 6.07 Å². The number of aromatic amines is 1. The standard InChI is InChI=1S/C22H16F8N4O2/c1-20(2,24)19(36)32-8-10-3-5-12(22(28,29)30)16(17(10)23)18-33-14(7-15(35)34-18)13-6-4-11(9-31-13)21(25,26)27/h3-7,9H,8H2,1-2H3,(H,32,36)(H,33,34,35). The smallest absolute Gasteiger partial charge is 0.349 e. The van der Waals surface area contributed by atoms with E-state index in [1.165, 1.54) is 0 Å². The van der Waals surface area contributed by atoms with E-state index in [-0.39, 0.29) is 5.69 Å². The van der Waals surface area contributed by atoms with E-state index in [1.807, 2.05) is 4.98 Å². The average Bonchev–Trinajstić information content (AvgIpc) is 2.75. The minimum atomic E-state index is -5.11. The number of aromatic nitrogens is 3. The lowest BCUT2D eigenvalue weighted by Gasteiger charge is -2.18. The van der Waals surface area contributed by atoms with Gasteiger partial charge in [0.2, 0.25) is 0 Å². The fourth-order valence-corrected chi connectivity index (χ4v) is 3.03. The van der Waals surface area contributed by atoms with Crippen molar-refractivity contribution >= 4 is 5.91 Å². The zero-order chi connectivity index (χ0) is 27.1. The van der Waals surface area contributed by atoms with Gasteiger partial charge in [0.15, 0.2) is 5.67 Å². The molecule has 36 heavy (non-hydrogen) atoms. The van der Waals surface area contributed by atoms with Crippen LogP contribution in [0, 0.1) is 5.82 Å². The SMILES string of the molecule is CC(C)(F)C(=O)NCc1ccc(C(F)(F)F)c(-c2nc(-c3ccc(C(F)(F)F)cn3)cc(=O)[nH]2)c1F. The summed E-state index contributed by atoms with van der Waals surface area (Å²) in [5.74, 6) is -3.55. The van der Waals surface area contributed by atoms with Crippen molar-refractivity contribution < 1.29 is 39.9 Å². The number of hydrogen-bond acceptors (Lipinski definition) is 4. The van der Waals surface area contributed by atoms with Crippen molar-refractivity contribution in [2.45, 2.75) is 38.4 Å². The number of amides is 1. The number of halogens is 8. The van der Waals surface area contributed by atoms with Crippen LogP contribution in [-0.2, 0) is 23.7 Å². The molecule has 0 aliphatic carbocycles. The maximum atomic E-state index is 15.3. The Bertz CT molecular complexity index is 1340. The largest absolute Gasteiger partial charge is 0.417 e. The lowest BCUT2D eigenvalue weighted by atomic mass is 10.0. The molecule has 3 aromatic rings. The first-order valence-corrected chi connectivity index (χ1v) is 9.99. The van der Waals surface area contributed by atoms with Crippen LogP contribution in [0.2, 0.25) is 0 Å². The molecule has 1 aromatic carbocycles. The number of alkyl halides is 7. The van der Waals surface area contributed by atoms with Crippen LogP contribution in [0.1, 0.15) is 30.5 Å². The van der Waals surface area contributed by atoms with E-state index in [0.29, 0.717) is 18.3 Å². The van der Waals surface area contributed by atoms with Crippen molar-refractivity contribution in [1.29, 1.82) is 0 Å². The highest BCUT2D eigenvalue weighted by molar-refractivity contribution is 5.84. The first-order chi connectivity index (χ1) is 16.5. The van der Waals surface area contributed by atoms with E-state index in [2.05, 4.69) is 15.3 Å². The Labute approximate surface area is 197 Å². The normalized spacial score (nSPS) is 12.5. The molecule has 2 N–H and O–H groups in total. The highest BCUT2D eigenvalue weighted by Gasteiger charge is 2.37. The predicted molar refractivity (Wildman–Crippen MR) is 111 cm³/mol. The molecule has 2 heterocycles. The second kappa shape index (κ2) is 9.32. The van der Waals surface area contributed by atoms with E-state index in [9.17, 15) is 40.3 Å². The van der Waals surface area contributed by atoms with E-state index in [0.717, 1.165) is 32.0 Å². The molecule has 0 bridgehead atoms. The number of hydrogen-bond donors (Lipinski definition) is 2. The van der Waals surface area contributed by atoms with Crippen LogP contribution < -0.4 is 10.9 Å². The number of carbonyl (C=O) groups excluding carboxylic acids is 1. The summed E-state index contributed by atoms with van der Waals surface area (Å²) >= 11 is 0. The molecule has 3 rings (SSSR count). The molecule has 0 spiro atoms. The number of benzene rings is 1. The summed E-state index contributed by atoms with van der Waals surface area (Å²) in [5, 5.41) is 2.05. The van der Waals surface area contributed by atoms with Crippen molar-refractivity contribution in [3.63, 3.8) is 0 Å². The molecule has 192 valence electrons. The molecule has 1 amide bonds. The van der Waals surface area contributed by atoms with Gasteiger partial charge in [-0.3, -0.25) is 14.6 Å². The number of nitrogens with zero attached hydrogens (tertiary/aromatic N) is 2. The predicted octanol–water partition coefficient (Wildman–Crippen LogP) is 5.04. The Morgan fingerprint density at radius 2 is 1.64 bits per heavy atom. The summed E-state index contributed by atoms with van der Waals surface area (Å²) in [6.07, 6.45) is -9.38. The van der Waals surface area contributed by atoms with Crippen LogP contribution >= 0.6 is 0 Å². The number of pyridine rings is 1. The van der Waals surface area contributed by atoms with Crippen LogP contribution in [0.4, 0.5) is 35.1 Å². The third kappa shape index (κ3) is 5.86. The summed E-state index contributed by atoms with van der Waals surface area (Å²) < 4.78 is 108. The van der Waals surface area contributed by atoms with Crippen LogP contribution in [0.15, 0.2) is 41.3 Å². The lowest BCUT2D eigenvalue weighted by Crippen LogP contribution is -2.38. The lowest BCUT2D eigenvalue weighted by molar-refractivity contribution is -0.138. The average molecular weight is 520 g/mol. The highest BCUT2D eigenvalue weighted by atomic mass is 19.4.